The molecule has 15 heavy (non-hydrogen) atoms. The van der Waals surface area contributed by atoms with Crippen molar-refractivity contribution in [1.82, 2.24) is 0 Å². The first-order valence-electron chi connectivity index (χ1n) is 3.42. The van der Waals surface area contributed by atoms with Crippen LogP contribution in [-0.2, 0) is 9.59 Å². The van der Waals surface area contributed by atoms with Gasteiger partial charge in [0.05, 0.1) is 0 Å². The minimum Gasteiger partial charge on any atom is 1.00 e. The molecule has 0 aliphatic rings. The predicted octanol–water partition coefficient (Wildman–Crippen LogP) is 4.69. The zero-order chi connectivity index (χ0) is 13.6. The first-order chi connectivity index (χ1) is 5.91. The summed E-state index contributed by atoms with van der Waals surface area (Å²) in [5.74, 6) is 0.333. The number of Topliss-reactive ketones (excluding diaryl/α,β-unsaturated/α-hetero) is 2. The van der Waals surface area contributed by atoms with Gasteiger partial charge in [-0.2, -0.15) is 0 Å². The van der Waals surface area contributed by atoms with Gasteiger partial charge in [0.25, 0.3) is 0 Å². The fourth-order valence-electron chi connectivity index (χ4n) is 0. The van der Waals surface area contributed by atoms with Crippen molar-refractivity contribution in [3.05, 3.63) is 0 Å². The number of ketones is 2. The van der Waals surface area contributed by atoms with Gasteiger partial charge in [-0.25, -0.2) is 0 Å². The molecule has 0 saturated carbocycles. The molecular weight excluding hydrogens is 249 g/mol. The van der Waals surface area contributed by atoms with E-state index < -0.39 is 7.81 Å². The van der Waals surface area contributed by atoms with Crippen molar-refractivity contribution in [2.75, 3.05) is 0 Å². The van der Waals surface area contributed by atoms with Gasteiger partial charge in [0, 0.05) is 0 Å². The Morgan fingerprint density at radius 1 is 0.733 bits per heavy atom. The Kier molecular flexibility index (Phi) is 6.51. The van der Waals surface area contributed by atoms with Gasteiger partial charge < -0.3 is 9.59 Å². The van der Waals surface area contributed by atoms with Crippen molar-refractivity contribution < 1.29 is 36.2 Å². The van der Waals surface area contributed by atoms with Crippen LogP contribution in [0.3, 0.4) is 0 Å². The van der Waals surface area contributed by atoms with Gasteiger partial charge in [0.15, 0.2) is 0 Å². The fourth-order valence-corrected chi connectivity index (χ4v) is 0. The molecule has 0 aliphatic carbocycles. The summed E-state index contributed by atoms with van der Waals surface area (Å²) in [6, 6.07) is 0. The zero-order valence-corrected chi connectivity index (χ0v) is 9.43. The second kappa shape index (κ2) is 4.92. The van der Waals surface area contributed by atoms with Crippen LogP contribution in [0.1, 0.15) is 29.1 Å². The molecule has 0 rings (SSSR count). The van der Waals surface area contributed by atoms with Gasteiger partial charge in [-0.05, 0) is 27.7 Å². The normalized spacial score (nSPS) is 14.3. The summed E-state index contributed by atoms with van der Waals surface area (Å²) in [4.78, 5) is 18.9. The average molecular weight is 262 g/mol. The standard InChI is InChI=1S/2C3H6O.F6P/c2*1-3(2)4;1-7(2,3,4,5)6/h2*1-2H3;/q;;-1/p+1. The van der Waals surface area contributed by atoms with Gasteiger partial charge in [-0.3, -0.25) is 0 Å². The summed E-state index contributed by atoms with van der Waals surface area (Å²) < 4.78 is 59.2. The number of hydrogen-bond donors (Lipinski definition) is 0. The number of rotatable bonds is 0. The maximum absolute atomic E-state index is 10.7. The Bertz CT molecular complexity index is 201. The second-order valence-corrected chi connectivity index (χ2v) is 4.69. The molecule has 0 aromatic rings. The van der Waals surface area contributed by atoms with E-state index in [-0.39, 0.29) is 13.0 Å². The summed E-state index contributed by atoms with van der Waals surface area (Å²) in [6.07, 6.45) is 0. The minimum atomic E-state index is -10.7. The molecule has 0 fully saturated rings. The van der Waals surface area contributed by atoms with Crippen LogP contribution in [0.4, 0.5) is 25.2 Å². The monoisotopic (exact) mass is 262 g/mol. The van der Waals surface area contributed by atoms with Crippen molar-refractivity contribution >= 4 is 19.4 Å². The van der Waals surface area contributed by atoms with E-state index in [4.69, 9.17) is 0 Å². The van der Waals surface area contributed by atoms with Crippen LogP contribution in [0.5, 0.6) is 0 Å². The molecule has 9 heteroatoms. The Balaban J connectivity index is -0.0000000700. The van der Waals surface area contributed by atoms with Gasteiger partial charge in [0.2, 0.25) is 0 Å². The molecular formula is C6H13F6O2P. The van der Waals surface area contributed by atoms with Gasteiger partial charge in [-0.15, -0.1) is 0 Å². The summed E-state index contributed by atoms with van der Waals surface area (Å²) in [5, 5.41) is 0. The van der Waals surface area contributed by atoms with E-state index in [1.807, 2.05) is 0 Å². The summed E-state index contributed by atoms with van der Waals surface area (Å²) >= 11 is 0. The van der Waals surface area contributed by atoms with Crippen LogP contribution in [0.25, 0.3) is 0 Å². The molecule has 2 nitrogen and oxygen atoms in total. The number of carbonyl (C=O) groups is 2. The van der Waals surface area contributed by atoms with Crippen LogP contribution >= 0.6 is 7.81 Å². The van der Waals surface area contributed by atoms with Crippen molar-refractivity contribution in [2.24, 2.45) is 0 Å². The molecule has 0 spiro atoms. The molecule has 0 radical (unpaired) electrons. The van der Waals surface area contributed by atoms with Gasteiger partial charge in [-0.1, -0.05) is 0 Å². The van der Waals surface area contributed by atoms with E-state index in [0.717, 1.165) is 0 Å². The molecule has 0 heterocycles. The van der Waals surface area contributed by atoms with Crippen LogP contribution in [-0.4, -0.2) is 11.6 Å². The molecule has 0 aliphatic heterocycles. The molecule has 96 valence electrons. The molecule has 0 bridgehead atoms. The van der Waals surface area contributed by atoms with E-state index in [2.05, 4.69) is 0 Å². The third-order valence-corrected chi connectivity index (χ3v) is 0. The molecule has 0 aromatic carbocycles. The van der Waals surface area contributed by atoms with E-state index in [0.29, 0.717) is 0 Å². The van der Waals surface area contributed by atoms with Crippen molar-refractivity contribution in [3.63, 3.8) is 0 Å². The molecule has 0 N–H and O–H groups in total. The van der Waals surface area contributed by atoms with E-state index in [1.165, 1.54) is 27.7 Å². The Hall–Kier alpha value is -0.650. The molecule has 0 amide bonds. The second-order valence-electron chi connectivity index (χ2n) is 2.77. The topological polar surface area (TPSA) is 34.1 Å². The smallest absolute Gasteiger partial charge is 1.00 e. The maximum atomic E-state index is 9.87. The zero-order valence-electron chi connectivity index (χ0n) is 9.53. The van der Waals surface area contributed by atoms with Gasteiger partial charge in [0.1, 0.15) is 11.6 Å². The Labute approximate surface area is 84.4 Å². The first kappa shape index (κ1) is 19.9. The number of halogens is 6. The van der Waals surface area contributed by atoms with Crippen LogP contribution < -0.4 is 0 Å². The largest absolute Gasteiger partial charge is 1.00 e. The van der Waals surface area contributed by atoms with Crippen LogP contribution in [0.15, 0.2) is 0 Å². The third-order valence-electron chi connectivity index (χ3n) is 0. The van der Waals surface area contributed by atoms with Gasteiger partial charge >= 0.3 is 34.4 Å². The van der Waals surface area contributed by atoms with Crippen LogP contribution in [0.2, 0.25) is 0 Å². The summed E-state index contributed by atoms with van der Waals surface area (Å²) in [6.45, 7) is 6.11. The van der Waals surface area contributed by atoms with Crippen LogP contribution in [0, 0.1) is 0 Å². The van der Waals surface area contributed by atoms with E-state index in [1.54, 1.807) is 0 Å². The van der Waals surface area contributed by atoms with E-state index in [9.17, 15) is 34.8 Å². The van der Waals surface area contributed by atoms with Crippen molar-refractivity contribution in [3.8, 4) is 0 Å². The summed E-state index contributed by atoms with van der Waals surface area (Å²) in [5.41, 5.74) is 0. The Morgan fingerprint density at radius 2 is 0.733 bits per heavy atom. The molecule has 0 saturated heterocycles. The molecule has 0 aromatic heterocycles. The fraction of sp³-hybridized carbons (Fsp3) is 0.667. The quantitative estimate of drug-likeness (QED) is 0.469. The number of hydrogen-bond acceptors (Lipinski definition) is 2. The van der Waals surface area contributed by atoms with E-state index >= 15 is 0 Å². The average Bonchev–Trinajstić information content (AvgIpc) is 1.44. The number of carbonyl (C=O) groups excluding carboxylic acids is 2. The first-order valence-corrected chi connectivity index (χ1v) is 5.45. The van der Waals surface area contributed by atoms with Crippen molar-refractivity contribution in [1.29, 1.82) is 0 Å². The SMILES string of the molecule is CC(C)=O.CC(C)=O.F[P-](F)(F)(F)(F)F.[H+]. The minimum absolute atomic E-state index is 0. The van der Waals surface area contributed by atoms with Crippen molar-refractivity contribution in [2.45, 2.75) is 27.7 Å². The molecule has 0 atom stereocenters. The maximum Gasteiger partial charge on any atom is 1.00 e. The Morgan fingerprint density at radius 3 is 0.733 bits per heavy atom. The third kappa shape index (κ3) is 4070. The predicted molar refractivity (Wildman–Crippen MR) is 47.4 cm³/mol. The summed E-state index contributed by atoms with van der Waals surface area (Å²) in [7, 11) is -10.7. The molecule has 0 unspecified atom stereocenters.